The van der Waals surface area contributed by atoms with Crippen molar-refractivity contribution in [1.82, 2.24) is 0 Å². The summed E-state index contributed by atoms with van der Waals surface area (Å²) < 4.78 is 40.9. The second-order valence-corrected chi connectivity index (χ2v) is 7.85. The van der Waals surface area contributed by atoms with Crippen molar-refractivity contribution in [1.29, 1.82) is 0 Å². The van der Waals surface area contributed by atoms with Crippen LogP contribution in [-0.4, -0.2) is 31.4 Å². The number of alkyl halides is 3. The van der Waals surface area contributed by atoms with Crippen molar-refractivity contribution in [2.24, 2.45) is 9.98 Å². The lowest BCUT2D eigenvalue weighted by Crippen LogP contribution is -2.22. The van der Waals surface area contributed by atoms with E-state index < -0.39 is 17.7 Å². The van der Waals surface area contributed by atoms with E-state index in [-0.39, 0.29) is 12.1 Å². The number of nitrogens with one attached hydrogen (secondary N) is 2. The van der Waals surface area contributed by atoms with Crippen LogP contribution in [0.2, 0.25) is 0 Å². The standard InChI is InChI=1S/C26H31F3N4O/c1-6-12-31-25(33-22-9-8-20(16-34)19(7-2)13-22)18(4)32-15-17(3)23-11-10-21(30-5)14-24(23)26(27,28)29/h6,8-14,16-17,30H,7,15H2,1-5H3,(H,31,33)/b12-6-,32-18?. The van der Waals surface area contributed by atoms with Crippen molar-refractivity contribution in [3.8, 4) is 0 Å². The van der Waals surface area contributed by atoms with Gasteiger partial charge in [0.25, 0.3) is 0 Å². The molecule has 2 aromatic carbocycles. The molecule has 0 saturated carbocycles. The van der Waals surface area contributed by atoms with Crippen LogP contribution in [0.3, 0.4) is 0 Å². The molecule has 0 radical (unpaired) electrons. The van der Waals surface area contributed by atoms with Crippen LogP contribution in [-0.2, 0) is 12.6 Å². The van der Waals surface area contributed by atoms with Gasteiger partial charge in [-0.3, -0.25) is 9.79 Å². The van der Waals surface area contributed by atoms with Gasteiger partial charge in [-0.25, -0.2) is 4.99 Å². The number of rotatable bonds is 9. The molecule has 0 spiro atoms. The Morgan fingerprint density at radius 1 is 1.15 bits per heavy atom. The van der Waals surface area contributed by atoms with Gasteiger partial charge in [-0.2, -0.15) is 13.2 Å². The highest BCUT2D eigenvalue weighted by Gasteiger charge is 2.34. The van der Waals surface area contributed by atoms with E-state index in [0.29, 0.717) is 29.2 Å². The Hall–Kier alpha value is -3.42. The quantitative estimate of drug-likeness (QED) is 0.242. The Bertz CT molecular complexity index is 1090. The highest BCUT2D eigenvalue weighted by atomic mass is 19.4. The summed E-state index contributed by atoms with van der Waals surface area (Å²) in [7, 11) is 1.58. The van der Waals surface area contributed by atoms with Crippen molar-refractivity contribution in [2.45, 2.75) is 46.2 Å². The Morgan fingerprint density at radius 2 is 1.85 bits per heavy atom. The summed E-state index contributed by atoms with van der Waals surface area (Å²) >= 11 is 0. The summed E-state index contributed by atoms with van der Waals surface area (Å²) in [6.07, 6.45) is 0.445. The number of aldehydes is 1. The predicted molar refractivity (Wildman–Crippen MR) is 134 cm³/mol. The summed E-state index contributed by atoms with van der Waals surface area (Å²) in [5.74, 6) is 0.0202. The van der Waals surface area contributed by atoms with E-state index >= 15 is 0 Å². The summed E-state index contributed by atoms with van der Waals surface area (Å²) in [6, 6.07) is 9.65. The third-order valence-corrected chi connectivity index (χ3v) is 5.39. The first-order valence-electron chi connectivity index (χ1n) is 11.1. The Morgan fingerprint density at radius 3 is 2.44 bits per heavy atom. The number of hydrogen-bond acceptors (Lipinski definition) is 4. The number of hydrogen-bond donors (Lipinski definition) is 2. The van der Waals surface area contributed by atoms with E-state index in [1.807, 2.05) is 19.9 Å². The van der Waals surface area contributed by atoms with Crippen molar-refractivity contribution < 1.29 is 18.0 Å². The van der Waals surface area contributed by atoms with Gasteiger partial charge in [0.2, 0.25) is 0 Å². The molecule has 5 nitrogen and oxygen atoms in total. The topological polar surface area (TPSA) is 65.8 Å². The predicted octanol–water partition coefficient (Wildman–Crippen LogP) is 6.73. The van der Waals surface area contributed by atoms with Crippen LogP contribution in [0.25, 0.3) is 0 Å². The molecule has 34 heavy (non-hydrogen) atoms. The van der Waals surface area contributed by atoms with Crippen LogP contribution in [0.4, 0.5) is 24.5 Å². The van der Waals surface area contributed by atoms with Gasteiger partial charge >= 0.3 is 6.18 Å². The van der Waals surface area contributed by atoms with Crippen LogP contribution in [0.15, 0.2) is 58.7 Å². The average molecular weight is 473 g/mol. The van der Waals surface area contributed by atoms with Gasteiger partial charge in [0.05, 0.1) is 11.3 Å². The lowest BCUT2D eigenvalue weighted by Gasteiger charge is -2.19. The minimum atomic E-state index is -4.46. The number of aryl methyl sites for hydroxylation is 1. The molecule has 0 bridgehead atoms. The maximum absolute atomic E-state index is 13.6. The van der Waals surface area contributed by atoms with Crippen LogP contribution < -0.4 is 10.6 Å². The third kappa shape index (κ3) is 7.04. The number of allylic oxidation sites excluding steroid dienone is 1. The molecule has 0 aromatic heterocycles. The van der Waals surface area contributed by atoms with Crippen molar-refractivity contribution >= 4 is 29.2 Å². The zero-order valence-corrected chi connectivity index (χ0v) is 20.1. The van der Waals surface area contributed by atoms with E-state index in [9.17, 15) is 18.0 Å². The second-order valence-electron chi connectivity index (χ2n) is 7.85. The molecule has 0 saturated heterocycles. The number of nitrogens with zero attached hydrogens (tertiary/aromatic N) is 2. The van der Waals surface area contributed by atoms with Crippen LogP contribution in [0, 0.1) is 0 Å². The maximum atomic E-state index is 13.6. The fourth-order valence-electron chi connectivity index (χ4n) is 3.44. The molecule has 1 atom stereocenters. The highest BCUT2D eigenvalue weighted by Crippen LogP contribution is 2.37. The van der Waals surface area contributed by atoms with E-state index in [2.05, 4.69) is 20.6 Å². The fraction of sp³-hybridized carbons (Fsp3) is 0.346. The van der Waals surface area contributed by atoms with Crippen LogP contribution in [0.1, 0.15) is 60.7 Å². The molecule has 0 aliphatic heterocycles. The molecule has 2 N–H and O–H groups in total. The maximum Gasteiger partial charge on any atom is 0.416 e. The molecule has 0 aliphatic carbocycles. The highest BCUT2D eigenvalue weighted by molar-refractivity contribution is 6.44. The number of halogens is 3. The molecule has 0 amide bonds. The lowest BCUT2D eigenvalue weighted by molar-refractivity contribution is -0.138. The normalized spacial score (nSPS) is 13.8. The SMILES string of the molecule is C/C=C\N=C(Nc1ccc(C=O)c(CC)c1)C(C)=NCC(C)c1ccc(NC)cc1C(F)(F)F. The van der Waals surface area contributed by atoms with E-state index in [1.165, 1.54) is 6.07 Å². The molecule has 182 valence electrons. The number of aliphatic imine (C=N–C) groups is 2. The largest absolute Gasteiger partial charge is 0.416 e. The molecule has 1 unspecified atom stereocenters. The molecule has 8 heteroatoms. The molecular weight excluding hydrogens is 441 g/mol. The van der Waals surface area contributed by atoms with Crippen LogP contribution in [0.5, 0.6) is 0 Å². The minimum Gasteiger partial charge on any atom is -0.388 e. The second kappa shape index (κ2) is 12.2. The van der Waals surface area contributed by atoms with E-state index in [1.54, 1.807) is 51.4 Å². The summed E-state index contributed by atoms with van der Waals surface area (Å²) in [4.78, 5) is 20.2. The first kappa shape index (κ1) is 26.8. The average Bonchev–Trinajstić information content (AvgIpc) is 2.83. The lowest BCUT2D eigenvalue weighted by atomic mass is 9.94. The Labute approximate surface area is 198 Å². The first-order chi connectivity index (χ1) is 16.1. The number of carbonyl (C=O) groups excluding carboxylic acids is 1. The number of benzene rings is 2. The van der Waals surface area contributed by atoms with Crippen molar-refractivity contribution in [2.75, 3.05) is 24.2 Å². The van der Waals surface area contributed by atoms with Gasteiger partial charge in [-0.1, -0.05) is 26.0 Å². The third-order valence-electron chi connectivity index (χ3n) is 5.39. The van der Waals surface area contributed by atoms with Gasteiger partial charge < -0.3 is 10.6 Å². The zero-order chi connectivity index (χ0) is 25.3. The number of anilines is 2. The molecule has 0 fully saturated rings. The molecule has 2 aromatic rings. The fourth-order valence-corrected chi connectivity index (χ4v) is 3.44. The number of carbonyl (C=O) groups is 1. The summed E-state index contributed by atoms with van der Waals surface area (Å²) in [6.45, 7) is 7.44. The van der Waals surface area contributed by atoms with Crippen LogP contribution >= 0.6 is 0 Å². The smallest absolute Gasteiger partial charge is 0.388 e. The van der Waals surface area contributed by atoms with Gasteiger partial charge in [-0.15, -0.1) is 0 Å². The minimum absolute atomic E-state index is 0.161. The molecular formula is C26H31F3N4O. The Balaban J connectivity index is 2.30. The van der Waals surface area contributed by atoms with Crippen molar-refractivity contribution in [3.05, 3.63) is 70.9 Å². The van der Waals surface area contributed by atoms with E-state index in [4.69, 9.17) is 0 Å². The van der Waals surface area contributed by atoms with E-state index in [0.717, 1.165) is 23.6 Å². The first-order valence-corrected chi connectivity index (χ1v) is 11.1. The molecule has 0 heterocycles. The summed E-state index contributed by atoms with van der Waals surface area (Å²) in [5, 5.41) is 5.97. The van der Waals surface area contributed by atoms with Gasteiger partial charge in [0.1, 0.15) is 6.29 Å². The van der Waals surface area contributed by atoms with Gasteiger partial charge in [0.15, 0.2) is 5.84 Å². The molecule has 0 aliphatic rings. The zero-order valence-electron chi connectivity index (χ0n) is 20.1. The summed E-state index contributed by atoms with van der Waals surface area (Å²) in [5.41, 5.74) is 2.77. The number of amidine groups is 1. The van der Waals surface area contributed by atoms with Crippen molar-refractivity contribution in [3.63, 3.8) is 0 Å². The van der Waals surface area contributed by atoms with Gasteiger partial charge in [0, 0.05) is 42.6 Å². The van der Waals surface area contributed by atoms with Gasteiger partial charge in [-0.05, 0) is 61.7 Å². The molecule has 2 rings (SSSR count). The Kier molecular flexibility index (Phi) is 9.59. The monoisotopic (exact) mass is 472 g/mol.